The van der Waals surface area contributed by atoms with Gasteiger partial charge >= 0.3 is 0 Å². The first-order valence-electron chi connectivity index (χ1n) is 12.6. The van der Waals surface area contributed by atoms with Gasteiger partial charge in [0.1, 0.15) is 29.6 Å². The van der Waals surface area contributed by atoms with Crippen LogP contribution in [0, 0.1) is 5.82 Å². The molecule has 204 valence electrons. The van der Waals surface area contributed by atoms with Crippen LogP contribution >= 0.6 is 11.3 Å². The number of halogens is 1. The Kier molecular flexibility index (Phi) is 7.92. The quantitative estimate of drug-likeness (QED) is 0.318. The van der Waals surface area contributed by atoms with Crippen LogP contribution in [0.1, 0.15) is 5.56 Å². The predicted octanol–water partition coefficient (Wildman–Crippen LogP) is 3.90. The van der Waals surface area contributed by atoms with Crippen molar-refractivity contribution in [2.24, 2.45) is 0 Å². The standard InChI is InChI=1S/C28H29FN4O4S2/c1-32(2)25(34)17-19-3-5-20(6-4-19)26-23-9-14-38-28(23)27(31-30-26)22-8-7-21(29)18-24(22)37-13-10-33-11-15-39(35,36)16-12-33/h3-9,14,18H,10-13,15-17H2,1-2H3. The van der Waals surface area contributed by atoms with Gasteiger partial charge in [0.15, 0.2) is 9.84 Å². The number of carbonyl (C=O) groups excluding carboxylic acids is 1. The molecule has 0 N–H and O–H groups in total. The Bertz CT molecular complexity index is 1590. The highest BCUT2D eigenvalue weighted by atomic mass is 32.2. The molecule has 4 aromatic rings. The number of fused-ring (bicyclic) bond motifs is 1. The van der Waals surface area contributed by atoms with Gasteiger partial charge in [-0.05, 0) is 29.1 Å². The van der Waals surface area contributed by atoms with E-state index in [4.69, 9.17) is 4.74 Å². The Morgan fingerprint density at radius 1 is 1.05 bits per heavy atom. The van der Waals surface area contributed by atoms with Gasteiger partial charge in [0.2, 0.25) is 5.91 Å². The van der Waals surface area contributed by atoms with E-state index in [0.717, 1.165) is 26.9 Å². The smallest absolute Gasteiger partial charge is 0.226 e. The molecule has 0 unspecified atom stereocenters. The Hall–Kier alpha value is -3.41. The number of hydrogen-bond donors (Lipinski definition) is 0. The normalized spacial score (nSPS) is 15.4. The van der Waals surface area contributed by atoms with Crippen molar-refractivity contribution in [3.05, 3.63) is 65.3 Å². The highest BCUT2D eigenvalue weighted by Crippen LogP contribution is 2.39. The zero-order valence-electron chi connectivity index (χ0n) is 21.8. The minimum Gasteiger partial charge on any atom is -0.491 e. The molecule has 1 fully saturated rings. The number of ether oxygens (including phenoxy) is 1. The lowest BCUT2D eigenvalue weighted by molar-refractivity contribution is -0.127. The number of thiophene rings is 1. The Morgan fingerprint density at radius 2 is 1.77 bits per heavy atom. The first-order valence-corrected chi connectivity index (χ1v) is 15.3. The van der Waals surface area contributed by atoms with Crippen molar-refractivity contribution in [2.45, 2.75) is 6.42 Å². The lowest BCUT2D eigenvalue weighted by atomic mass is 10.0. The maximum absolute atomic E-state index is 14.2. The van der Waals surface area contributed by atoms with Crippen LogP contribution in [-0.4, -0.2) is 86.2 Å². The second-order valence-electron chi connectivity index (χ2n) is 9.70. The first kappa shape index (κ1) is 27.2. The summed E-state index contributed by atoms with van der Waals surface area (Å²) >= 11 is 1.52. The molecule has 3 heterocycles. The molecule has 2 aromatic heterocycles. The minimum atomic E-state index is -2.95. The molecule has 0 aliphatic carbocycles. The number of likely N-dealkylation sites (N-methyl/N-ethyl adjacent to an activating group) is 1. The number of amides is 1. The molecule has 0 radical (unpaired) electrons. The molecule has 0 saturated carbocycles. The summed E-state index contributed by atoms with van der Waals surface area (Å²) in [4.78, 5) is 15.7. The van der Waals surface area contributed by atoms with Gasteiger partial charge < -0.3 is 9.64 Å². The van der Waals surface area contributed by atoms with Crippen LogP contribution in [0.5, 0.6) is 5.75 Å². The average molecular weight is 569 g/mol. The number of benzene rings is 2. The first-order chi connectivity index (χ1) is 18.7. The molecule has 1 saturated heterocycles. The number of sulfone groups is 1. The van der Waals surface area contributed by atoms with Crippen molar-refractivity contribution >= 4 is 37.2 Å². The molecule has 2 aromatic carbocycles. The van der Waals surface area contributed by atoms with Gasteiger partial charge in [0.05, 0.1) is 22.6 Å². The average Bonchev–Trinajstić information content (AvgIpc) is 3.40. The maximum Gasteiger partial charge on any atom is 0.226 e. The van der Waals surface area contributed by atoms with E-state index in [1.165, 1.54) is 23.5 Å². The number of aromatic nitrogens is 2. The Labute approximate surface area is 231 Å². The topological polar surface area (TPSA) is 92.7 Å². The minimum absolute atomic E-state index is 0.0355. The molecule has 0 bridgehead atoms. The Balaban J connectivity index is 1.38. The Morgan fingerprint density at radius 3 is 2.49 bits per heavy atom. The lowest BCUT2D eigenvalue weighted by Crippen LogP contribution is -2.42. The van der Waals surface area contributed by atoms with E-state index in [0.29, 0.717) is 43.1 Å². The number of nitrogens with zero attached hydrogens (tertiary/aromatic N) is 4. The third kappa shape index (κ3) is 6.26. The monoisotopic (exact) mass is 568 g/mol. The van der Waals surface area contributed by atoms with Crippen molar-refractivity contribution in [2.75, 3.05) is 51.8 Å². The summed E-state index contributed by atoms with van der Waals surface area (Å²) in [5.74, 6) is 0.276. The summed E-state index contributed by atoms with van der Waals surface area (Å²) in [5.41, 5.74) is 3.78. The summed E-state index contributed by atoms with van der Waals surface area (Å²) in [6.07, 6.45) is 0.329. The van der Waals surface area contributed by atoms with Gasteiger partial charge in [0.25, 0.3) is 0 Å². The fourth-order valence-corrected chi connectivity index (χ4v) is 6.62. The summed E-state index contributed by atoms with van der Waals surface area (Å²) in [7, 11) is 0.524. The fraction of sp³-hybridized carbons (Fsp3) is 0.321. The third-order valence-electron chi connectivity index (χ3n) is 6.77. The van der Waals surface area contributed by atoms with E-state index < -0.39 is 15.7 Å². The van der Waals surface area contributed by atoms with Gasteiger partial charge in [-0.15, -0.1) is 21.5 Å². The van der Waals surface area contributed by atoms with Gasteiger partial charge in [-0.2, -0.15) is 0 Å². The number of rotatable bonds is 8. The van der Waals surface area contributed by atoms with Gasteiger partial charge in [0, 0.05) is 56.3 Å². The van der Waals surface area contributed by atoms with Crippen LogP contribution in [0.4, 0.5) is 4.39 Å². The van der Waals surface area contributed by atoms with Gasteiger partial charge in [-0.25, -0.2) is 12.8 Å². The van der Waals surface area contributed by atoms with Crippen LogP contribution in [0.3, 0.4) is 0 Å². The van der Waals surface area contributed by atoms with Crippen LogP contribution < -0.4 is 4.74 Å². The molecule has 0 atom stereocenters. The second-order valence-corrected chi connectivity index (χ2v) is 12.9. The zero-order valence-corrected chi connectivity index (χ0v) is 23.4. The predicted molar refractivity (Wildman–Crippen MR) is 151 cm³/mol. The molecule has 1 aliphatic heterocycles. The van der Waals surface area contributed by atoms with E-state index in [2.05, 4.69) is 10.2 Å². The second kappa shape index (κ2) is 11.4. The third-order valence-corrected chi connectivity index (χ3v) is 9.30. The highest BCUT2D eigenvalue weighted by Gasteiger charge is 2.22. The van der Waals surface area contributed by atoms with E-state index in [-0.39, 0.29) is 24.0 Å². The molecule has 1 amide bonds. The lowest BCUT2D eigenvalue weighted by Gasteiger charge is -2.26. The van der Waals surface area contributed by atoms with Crippen molar-refractivity contribution in [3.8, 4) is 28.3 Å². The summed E-state index contributed by atoms with van der Waals surface area (Å²) in [6, 6.07) is 14.1. The summed E-state index contributed by atoms with van der Waals surface area (Å²) in [5, 5.41) is 12.0. The number of carbonyl (C=O) groups is 1. The van der Waals surface area contributed by atoms with Gasteiger partial charge in [-0.3, -0.25) is 9.69 Å². The molecule has 39 heavy (non-hydrogen) atoms. The SMILES string of the molecule is CN(C)C(=O)Cc1ccc(-c2nnc(-c3ccc(F)cc3OCCN3CCS(=O)(=O)CC3)c3sccc23)cc1. The molecule has 5 rings (SSSR count). The van der Waals surface area contributed by atoms with Crippen LogP contribution in [0.15, 0.2) is 53.9 Å². The van der Waals surface area contributed by atoms with E-state index in [1.807, 2.05) is 40.6 Å². The molecule has 0 spiro atoms. The molecular formula is C28H29FN4O4S2. The molecule has 1 aliphatic rings. The maximum atomic E-state index is 14.2. The van der Waals surface area contributed by atoms with Crippen LogP contribution in [-0.2, 0) is 21.1 Å². The zero-order chi connectivity index (χ0) is 27.6. The molecule has 8 nitrogen and oxygen atoms in total. The van der Waals surface area contributed by atoms with Crippen LogP contribution in [0.25, 0.3) is 32.6 Å². The van der Waals surface area contributed by atoms with Crippen molar-refractivity contribution in [3.63, 3.8) is 0 Å². The van der Waals surface area contributed by atoms with Crippen molar-refractivity contribution in [1.82, 2.24) is 20.0 Å². The molecular weight excluding hydrogens is 539 g/mol. The van der Waals surface area contributed by atoms with E-state index >= 15 is 0 Å². The number of hydrogen-bond acceptors (Lipinski definition) is 8. The van der Waals surface area contributed by atoms with Crippen LogP contribution in [0.2, 0.25) is 0 Å². The van der Waals surface area contributed by atoms with Crippen molar-refractivity contribution < 1.29 is 22.3 Å². The summed E-state index contributed by atoms with van der Waals surface area (Å²) < 4.78 is 44.5. The van der Waals surface area contributed by atoms with E-state index in [9.17, 15) is 17.6 Å². The van der Waals surface area contributed by atoms with E-state index in [1.54, 1.807) is 25.1 Å². The highest BCUT2D eigenvalue weighted by molar-refractivity contribution is 7.91. The van der Waals surface area contributed by atoms with Gasteiger partial charge in [-0.1, -0.05) is 24.3 Å². The fourth-order valence-electron chi connectivity index (χ4n) is 4.45. The summed E-state index contributed by atoms with van der Waals surface area (Å²) in [6.45, 7) is 1.77. The van der Waals surface area contributed by atoms with Crippen molar-refractivity contribution in [1.29, 1.82) is 0 Å². The largest absolute Gasteiger partial charge is 0.491 e. The molecule has 11 heteroatoms.